The molecule has 16 heavy (non-hydrogen) atoms. The molecule has 4 nitrogen and oxygen atoms in total. The molecule has 0 saturated heterocycles. The summed E-state index contributed by atoms with van der Waals surface area (Å²) in [6, 6.07) is 1.97. The summed E-state index contributed by atoms with van der Waals surface area (Å²) in [6.07, 6.45) is 1.38. The predicted octanol–water partition coefficient (Wildman–Crippen LogP) is 2.50. The number of hydrogen-bond acceptors (Lipinski definition) is 4. The summed E-state index contributed by atoms with van der Waals surface area (Å²) in [7, 11) is 0. The van der Waals surface area contributed by atoms with Crippen LogP contribution in [0.5, 0.6) is 0 Å². The summed E-state index contributed by atoms with van der Waals surface area (Å²) in [6.45, 7) is 5.82. The number of carbonyl (C=O) groups excluding carboxylic acids is 1. The lowest BCUT2D eigenvalue weighted by molar-refractivity contribution is -0.118. The first kappa shape index (κ1) is 12.7. The summed E-state index contributed by atoms with van der Waals surface area (Å²) in [5, 5.41) is 12.0. The Kier molecular flexibility index (Phi) is 4.44. The van der Waals surface area contributed by atoms with Crippen LogP contribution < -0.4 is 5.32 Å². The summed E-state index contributed by atoms with van der Waals surface area (Å²) < 4.78 is 0. The topological polar surface area (TPSA) is 65.8 Å². The van der Waals surface area contributed by atoms with Crippen LogP contribution in [0, 0.1) is 24.2 Å². The van der Waals surface area contributed by atoms with Gasteiger partial charge in [-0.25, -0.2) is 4.98 Å². The molecule has 1 rings (SSSR count). The van der Waals surface area contributed by atoms with Gasteiger partial charge in [-0.2, -0.15) is 5.26 Å². The van der Waals surface area contributed by atoms with Crippen LogP contribution in [0.4, 0.5) is 5.13 Å². The highest BCUT2D eigenvalue weighted by atomic mass is 32.1. The second-order valence-electron chi connectivity index (χ2n) is 3.45. The van der Waals surface area contributed by atoms with Crippen molar-refractivity contribution in [2.24, 2.45) is 5.92 Å². The van der Waals surface area contributed by atoms with E-state index in [9.17, 15) is 4.79 Å². The molecule has 0 bridgehead atoms. The van der Waals surface area contributed by atoms with Crippen molar-refractivity contribution in [2.45, 2.75) is 33.6 Å². The van der Waals surface area contributed by atoms with Gasteiger partial charge in [-0.15, -0.1) is 11.3 Å². The minimum Gasteiger partial charge on any atom is -0.301 e. The average molecular weight is 237 g/mol. The van der Waals surface area contributed by atoms with Gasteiger partial charge in [0, 0.05) is 4.88 Å². The largest absolute Gasteiger partial charge is 0.301 e. The number of rotatable bonds is 4. The van der Waals surface area contributed by atoms with Crippen LogP contribution >= 0.6 is 11.3 Å². The Hall–Kier alpha value is -1.41. The lowest BCUT2D eigenvalue weighted by atomic mass is 10.1. The van der Waals surface area contributed by atoms with E-state index >= 15 is 0 Å². The van der Waals surface area contributed by atoms with Crippen LogP contribution in [-0.2, 0) is 11.2 Å². The van der Waals surface area contributed by atoms with E-state index in [4.69, 9.17) is 5.26 Å². The number of thiazole rings is 1. The van der Waals surface area contributed by atoms with E-state index in [-0.39, 0.29) is 5.91 Å². The van der Waals surface area contributed by atoms with E-state index in [1.54, 1.807) is 0 Å². The SMILES string of the molecule is CCc1nc(NC(=O)C(C#N)CC)sc1C. The number of nitrogens with one attached hydrogen (secondary N) is 1. The molecule has 86 valence electrons. The minimum absolute atomic E-state index is 0.263. The fraction of sp³-hybridized carbons (Fsp3) is 0.545. The molecular weight excluding hydrogens is 222 g/mol. The van der Waals surface area contributed by atoms with Crippen LogP contribution in [0.1, 0.15) is 30.8 Å². The Labute approximate surface area is 99.3 Å². The summed E-state index contributed by atoms with van der Waals surface area (Å²) in [4.78, 5) is 17.0. The molecule has 0 radical (unpaired) electrons. The number of aromatic nitrogens is 1. The molecule has 1 heterocycles. The molecule has 1 atom stereocenters. The van der Waals surface area contributed by atoms with E-state index in [0.717, 1.165) is 17.0 Å². The van der Waals surface area contributed by atoms with Crippen molar-refractivity contribution in [2.75, 3.05) is 5.32 Å². The third-order valence-corrected chi connectivity index (χ3v) is 3.27. The van der Waals surface area contributed by atoms with Crippen LogP contribution in [-0.4, -0.2) is 10.9 Å². The number of anilines is 1. The zero-order chi connectivity index (χ0) is 12.1. The van der Waals surface area contributed by atoms with Crippen molar-refractivity contribution >= 4 is 22.4 Å². The highest BCUT2D eigenvalue weighted by Gasteiger charge is 2.17. The van der Waals surface area contributed by atoms with Gasteiger partial charge in [0.1, 0.15) is 5.92 Å². The first-order valence-electron chi connectivity index (χ1n) is 5.29. The molecule has 1 aromatic heterocycles. The molecular formula is C11H15N3OS. The second kappa shape index (κ2) is 5.61. The molecule has 0 aliphatic rings. The highest BCUT2D eigenvalue weighted by Crippen LogP contribution is 2.22. The highest BCUT2D eigenvalue weighted by molar-refractivity contribution is 7.15. The van der Waals surface area contributed by atoms with Crippen molar-refractivity contribution in [1.29, 1.82) is 5.26 Å². The van der Waals surface area contributed by atoms with Gasteiger partial charge in [0.15, 0.2) is 5.13 Å². The maximum atomic E-state index is 11.6. The molecule has 1 N–H and O–H groups in total. The van der Waals surface area contributed by atoms with Crippen LogP contribution in [0.15, 0.2) is 0 Å². The van der Waals surface area contributed by atoms with Crippen molar-refractivity contribution in [1.82, 2.24) is 4.98 Å². The molecule has 0 aliphatic carbocycles. The molecule has 0 saturated carbocycles. The van der Waals surface area contributed by atoms with Gasteiger partial charge in [0.05, 0.1) is 11.8 Å². The van der Waals surface area contributed by atoms with Crippen molar-refractivity contribution in [3.05, 3.63) is 10.6 Å². The number of nitrogens with zero attached hydrogens (tertiary/aromatic N) is 2. The van der Waals surface area contributed by atoms with Gasteiger partial charge in [-0.3, -0.25) is 4.79 Å². The number of hydrogen-bond donors (Lipinski definition) is 1. The quantitative estimate of drug-likeness (QED) is 0.875. The summed E-state index contributed by atoms with van der Waals surface area (Å²) in [5.41, 5.74) is 1.00. The van der Waals surface area contributed by atoms with E-state index in [0.29, 0.717) is 11.6 Å². The first-order valence-corrected chi connectivity index (χ1v) is 6.10. The lowest BCUT2D eigenvalue weighted by Gasteiger charge is -2.04. The Morgan fingerprint density at radius 1 is 1.62 bits per heavy atom. The van der Waals surface area contributed by atoms with Crippen molar-refractivity contribution in [3.8, 4) is 6.07 Å². The van der Waals surface area contributed by atoms with E-state index < -0.39 is 5.92 Å². The van der Waals surface area contributed by atoms with Gasteiger partial charge in [-0.05, 0) is 19.8 Å². The maximum Gasteiger partial charge on any atom is 0.243 e. The Morgan fingerprint density at radius 3 is 2.75 bits per heavy atom. The van der Waals surface area contributed by atoms with Gasteiger partial charge in [0.25, 0.3) is 0 Å². The predicted molar refractivity (Wildman–Crippen MR) is 64.3 cm³/mol. The molecule has 1 amide bonds. The smallest absolute Gasteiger partial charge is 0.243 e. The first-order chi connectivity index (χ1) is 7.62. The molecule has 5 heteroatoms. The third kappa shape index (κ3) is 2.80. The molecule has 0 spiro atoms. The Morgan fingerprint density at radius 2 is 2.31 bits per heavy atom. The summed E-state index contributed by atoms with van der Waals surface area (Å²) in [5.74, 6) is -0.851. The molecule has 0 aromatic carbocycles. The van der Waals surface area contributed by atoms with Gasteiger partial charge in [-0.1, -0.05) is 13.8 Å². The average Bonchev–Trinajstić information content (AvgIpc) is 2.60. The van der Waals surface area contributed by atoms with E-state index in [1.807, 2.05) is 26.8 Å². The molecule has 1 aromatic rings. The molecule has 0 fully saturated rings. The monoisotopic (exact) mass is 237 g/mol. The Balaban J connectivity index is 2.74. The lowest BCUT2D eigenvalue weighted by Crippen LogP contribution is -2.20. The fourth-order valence-corrected chi connectivity index (χ4v) is 2.24. The number of carbonyl (C=O) groups is 1. The minimum atomic E-state index is -0.589. The van der Waals surface area contributed by atoms with E-state index in [2.05, 4.69) is 10.3 Å². The fourth-order valence-electron chi connectivity index (χ4n) is 1.34. The third-order valence-electron chi connectivity index (χ3n) is 2.34. The summed E-state index contributed by atoms with van der Waals surface area (Å²) >= 11 is 1.45. The van der Waals surface area contributed by atoms with Crippen LogP contribution in [0.2, 0.25) is 0 Å². The van der Waals surface area contributed by atoms with Crippen molar-refractivity contribution in [3.63, 3.8) is 0 Å². The standard InChI is InChI=1S/C11H15N3OS/c1-4-8(6-12)10(15)14-11-13-9(5-2)7(3)16-11/h8H,4-5H2,1-3H3,(H,13,14,15). The van der Waals surface area contributed by atoms with Gasteiger partial charge >= 0.3 is 0 Å². The number of nitriles is 1. The number of amides is 1. The van der Waals surface area contributed by atoms with Crippen LogP contribution in [0.25, 0.3) is 0 Å². The van der Waals surface area contributed by atoms with E-state index in [1.165, 1.54) is 11.3 Å². The van der Waals surface area contributed by atoms with Gasteiger partial charge < -0.3 is 5.32 Å². The normalized spacial score (nSPS) is 11.9. The van der Waals surface area contributed by atoms with Crippen LogP contribution in [0.3, 0.4) is 0 Å². The number of aryl methyl sites for hydroxylation is 2. The van der Waals surface area contributed by atoms with Gasteiger partial charge in [0.2, 0.25) is 5.91 Å². The molecule has 1 unspecified atom stereocenters. The van der Waals surface area contributed by atoms with Crippen molar-refractivity contribution < 1.29 is 4.79 Å². The molecule has 0 aliphatic heterocycles. The maximum absolute atomic E-state index is 11.6. The second-order valence-corrected chi connectivity index (χ2v) is 4.66. The zero-order valence-electron chi connectivity index (χ0n) is 9.70. The zero-order valence-corrected chi connectivity index (χ0v) is 10.5. The Bertz CT molecular complexity index is 419.